The second-order valence-corrected chi connectivity index (χ2v) is 32.2. The first-order valence-electron chi connectivity index (χ1n) is 31.4. The van der Waals surface area contributed by atoms with Crippen LogP contribution in [0, 0.1) is 0 Å². The fraction of sp³-hybridized carbons (Fsp3) is 1.00. The van der Waals surface area contributed by atoms with E-state index in [1.54, 1.807) is 0 Å². The maximum atomic E-state index is 13.0. The molecule has 0 N–H and O–H groups in total. The summed E-state index contributed by atoms with van der Waals surface area (Å²) >= 11 is 0. The van der Waals surface area contributed by atoms with Gasteiger partial charge < -0.3 is 0 Å². The monoisotopic (exact) mass is 1100 g/mol. The van der Waals surface area contributed by atoms with Crippen LogP contribution in [0.3, 0.4) is 0 Å². The summed E-state index contributed by atoms with van der Waals surface area (Å²) in [5, 5.41) is 0. The third-order valence-corrected chi connectivity index (χ3v) is 18.0. The number of hydrogen-bond acceptors (Lipinski definition) is 7. The Balaban J connectivity index is 0.000000308. The number of likely N-dealkylation sites (tertiary alicyclic amines) is 6. The Kier molecular flexibility index (Phi) is 27.1. The topological polar surface area (TPSA) is 22.7 Å². The van der Waals surface area contributed by atoms with Crippen molar-refractivity contribution in [1.82, 2.24) is 34.3 Å². The number of piperidine rings is 3. The molecule has 8 rings (SSSR count). The van der Waals surface area contributed by atoms with E-state index in [1.807, 2.05) is 39.5 Å². The molecular weight excluding hydrogens is 974 g/mol. The van der Waals surface area contributed by atoms with Crippen molar-refractivity contribution in [3.8, 4) is 0 Å². The Morgan fingerprint density at radius 1 is 0.325 bits per heavy atom. The van der Waals surface area contributed by atoms with Crippen LogP contribution in [-0.2, 0) is 0 Å². The molecule has 77 heavy (non-hydrogen) atoms. The van der Waals surface area contributed by atoms with E-state index in [0.29, 0.717) is 28.7 Å². The number of halogens is 5. The summed E-state index contributed by atoms with van der Waals surface area (Å²) in [6.45, 7) is 63.4. The molecule has 8 fully saturated rings. The first-order chi connectivity index (χ1) is 34.6. The summed E-state index contributed by atoms with van der Waals surface area (Å²) in [7, 11) is 0. The SMILES string of the molecule is CC(C)(C)N1C2CCC1CC2.CC(C)(C)N1CCC(F)CC1.C[C@H]1CC(F)(F)CCN1C(C)(C)C.C[C@H]1CC(F)(F)CN1C(C)(C)C.C[C@H]1CCCCN1C(C)(C)C.C[C@H]1CCCN1C(C)(C)C.C[C@H]1CCN1C(C)(C)C. The van der Waals surface area contributed by atoms with Gasteiger partial charge in [-0.2, -0.15) is 0 Å². The van der Waals surface area contributed by atoms with Crippen molar-refractivity contribution in [2.45, 2.75) is 375 Å². The maximum absolute atomic E-state index is 13.0. The largest absolute Gasteiger partial charge is 0.298 e. The van der Waals surface area contributed by atoms with Gasteiger partial charge in [0.25, 0.3) is 11.8 Å². The third kappa shape index (κ3) is 24.6. The fourth-order valence-corrected chi connectivity index (χ4v) is 14.1. The van der Waals surface area contributed by atoms with Crippen molar-refractivity contribution in [2.24, 2.45) is 0 Å². The zero-order valence-electron chi connectivity index (χ0n) is 55.7. The van der Waals surface area contributed by atoms with Crippen LogP contribution < -0.4 is 0 Å². The predicted octanol–water partition coefficient (Wildman–Crippen LogP) is 16.9. The van der Waals surface area contributed by atoms with Gasteiger partial charge in [0.2, 0.25) is 0 Å². The molecule has 0 saturated carbocycles. The highest BCUT2D eigenvalue weighted by Crippen LogP contribution is 2.42. The van der Waals surface area contributed by atoms with Crippen LogP contribution in [0.25, 0.3) is 0 Å². The fourth-order valence-electron chi connectivity index (χ4n) is 14.1. The van der Waals surface area contributed by atoms with Crippen LogP contribution in [0.1, 0.15) is 276 Å². The van der Waals surface area contributed by atoms with E-state index in [1.165, 1.54) is 83.8 Å². The zero-order chi connectivity index (χ0) is 59.7. The second kappa shape index (κ2) is 28.8. The molecule has 7 nitrogen and oxygen atoms in total. The molecule has 460 valence electrons. The normalized spacial score (nSPS) is 30.4. The van der Waals surface area contributed by atoms with Gasteiger partial charge in [0.05, 0.1) is 6.54 Å². The van der Waals surface area contributed by atoms with E-state index in [2.05, 4.69) is 175 Å². The molecule has 0 amide bonds. The predicted molar refractivity (Wildman–Crippen MR) is 324 cm³/mol. The molecule has 0 spiro atoms. The van der Waals surface area contributed by atoms with Gasteiger partial charge in [-0.1, -0.05) is 6.42 Å². The summed E-state index contributed by atoms with van der Waals surface area (Å²) in [6, 6.07) is 4.28. The van der Waals surface area contributed by atoms with Crippen LogP contribution in [0.2, 0.25) is 0 Å². The van der Waals surface area contributed by atoms with E-state index in [4.69, 9.17) is 0 Å². The minimum atomic E-state index is -2.48. The first kappa shape index (κ1) is 72.5. The van der Waals surface area contributed by atoms with E-state index in [0.717, 1.165) is 56.1 Å². The number of rotatable bonds is 0. The van der Waals surface area contributed by atoms with Crippen molar-refractivity contribution in [2.75, 3.05) is 45.8 Å². The molecule has 0 aromatic rings. The number of alkyl halides is 5. The number of fused-ring (bicyclic) bond motifs is 2. The van der Waals surface area contributed by atoms with E-state index < -0.39 is 18.0 Å². The molecule has 2 bridgehead atoms. The van der Waals surface area contributed by atoms with Crippen LogP contribution >= 0.6 is 0 Å². The van der Waals surface area contributed by atoms with Crippen molar-refractivity contribution >= 4 is 0 Å². The molecule has 0 aromatic heterocycles. The lowest BCUT2D eigenvalue weighted by Gasteiger charge is -2.48. The van der Waals surface area contributed by atoms with E-state index in [-0.39, 0.29) is 54.5 Å². The van der Waals surface area contributed by atoms with Gasteiger partial charge in [0.1, 0.15) is 6.17 Å². The molecule has 8 saturated heterocycles. The van der Waals surface area contributed by atoms with Crippen LogP contribution in [0.5, 0.6) is 0 Å². The van der Waals surface area contributed by atoms with Crippen molar-refractivity contribution in [3.63, 3.8) is 0 Å². The van der Waals surface area contributed by atoms with Gasteiger partial charge in [-0.3, -0.25) is 34.3 Å². The minimum absolute atomic E-state index is 0.000000000000000444. The average Bonchev–Trinajstić information content (AvgIpc) is 4.03. The van der Waals surface area contributed by atoms with E-state index >= 15 is 0 Å². The van der Waals surface area contributed by atoms with Gasteiger partial charge >= 0.3 is 0 Å². The average molecular weight is 1100 g/mol. The summed E-state index contributed by atoms with van der Waals surface area (Å²) in [4.78, 5) is 16.9. The van der Waals surface area contributed by atoms with Gasteiger partial charge in [0, 0.05) is 127 Å². The number of hydrogen-bond donors (Lipinski definition) is 0. The highest BCUT2D eigenvalue weighted by atomic mass is 19.3. The molecule has 8 heterocycles. The molecule has 0 aromatic carbocycles. The summed E-state index contributed by atoms with van der Waals surface area (Å²) in [6.07, 6.45) is 15.1. The van der Waals surface area contributed by atoms with Gasteiger partial charge in [-0.15, -0.1) is 0 Å². The molecule has 8 aliphatic rings. The smallest absolute Gasteiger partial charge is 0.262 e. The van der Waals surface area contributed by atoms with E-state index in [9.17, 15) is 22.0 Å². The molecule has 12 heteroatoms. The Labute approximate surface area is 475 Å². The standard InChI is InChI=1S/C10H19F2N.C10H19N.C10H21N.C9H17F2N.C9H18FN.C9H19N.C8H17N/c1-8-7-10(11,12)5-6-13(8)9(2,3)4;1-10(2,3)11-8-4-5-9(11)7-6-8;1-9-7-5-6-8-11(9)10(2,3)4;1-7-5-9(10,11)6-12(7)8(2,3)4;1-9(2,3)11-6-4-8(10)5-7-11;1-8-6-5-7-10(8)9(2,3)4;1-7-5-6-9(7)8(2,3)4/h8H,5-7H2,1-4H3;8-9H,4-7H2,1-3H3;9H,5-8H2,1-4H3;7H,5-6H2,1-4H3;8H,4-7H2,1-3H3;8H,5-7H2,1-4H3;7H,5-6H2,1-4H3/t8-;;9-;7-;;8-;7-/m0.00.00/s1. The van der Waals surface area contributed by atoms with Crippen LogP contribution in [0.4, 0.5) is 22.0 Å². The molecule has 0 radical (unpaired) electrons. The summed E-state index contributed by atoms with van der Waals surface area (Å²) in [5.74, 6) is -4.92. The van der Waals surface area contributed by atoms with Gasteiger partial charge in [-0.25, -0.2) is 22.0 Å². The maximum Gasteiger partial charge on any atom is 0.262 e. The van der Waals surface area contributed by atoms with Gasteiger partial charge in [-0.05, 0) is 264 Å². The summed E-state index contributed by atoms with van der Waals surface area (Å²) < 4.78 is 64.6. The lowest BCUT2D eigenvalue weighted by molar-refractivity contribution is -0.0941. The molecule has 0 aliphatic carbocycles. The summed E-state index contributed by atoms with van der Waals surface area (Å²) in [5.41, 5.74) is 1.67. The van der Waals surface area contributed by atoms with Crippen molar-refractivity contribution in [3.05, 3.63) is 0 Å². The zero-order valence-corrected chi connectivity index (χ0v) is 55.7. The Bertz CT molecular complexity index is 1630. The minimum Gasteiger partial charge on any atom is -0.298 e. The van der Waals surface area contributed by atoms with Crippen LogP contribution in [0.15, 0.2) is 0 Å². The van der Waals surface area contributed by atoms with Gasteiger partial charge in [0.15, 0.2) is 0 Å². The highest BCUT2D eigenvalue weighted by molar-refractivity contribution is 5.00. The molecule has 8 aliphatic heterocycles. The van der Waals surface area contributed by atoms with Crippen LogP contribution in [-0.4, -0.2) is 179 Å². The lowest BCUT2D eigenvalue weighted by Crippen LogP contribution is -2.55. The molecule has 0 unspecified atom stereocenters. The lowest BCUT2D eigenvalue weighted by atomic mass is 9.93. The third-order valence-electron chi connectivity index (χ3n) is 18.0. The number of nitrogens with zero attached hydrogens (tertiary/aromatic N) is 7. The second-order valence-electron chi connectivity index (χ2n) is 32.2. The Morgan fingerprint density at radius 3 is 0.922 bits per heavy atom. The Morgan fingerprint density at radius 2 is 0.675 bits per heavy atom. The quantitative estimate of drug-likeness (QED) is 0.223. The first-order valence-corrected chi connectivity index (χ1v) is 31.4. The Hall–Kier alpha value is -0.630. The molecule has 5 atom stereocenters. The molecular formula is C65H130F5N7. The highest BCUT2D eigenvalue weighted by Gasteiger charge is 2.47. The van der Waals surface area contributed by atoms with Crippen molar-refractivity contribution in [1.29, 1.82) is 0 Å². The van der Waals surface area contributed by atoms with Crippen molar-refractivity contribution < 1.29 is 22.0 Å².